The van der Waals surface area contributed by atoms with Crippen molar-refractivity contribution < 1.29 is 9.50 Å². The van der Waals surface area contributed by atoms with Crippen LogP contribution >= 0.6 is 31.9 Å². The highest BCUT2D eigenvalue weighted by atomic mass is 79.9. The molecule has 0 aliphatic rings. The predicted octanol–water partition coefficient (Wildman–Crippen LogP) is 5.59. The first-order valence-corrected chi connectivity index (χ1v) is 7.97. The number of hydrogen-bond acceptors (Lipinski definition) is 1. The SMILES string of the molecule is OC(c1cccc(Br)c1F)c1ccc(Br)c2ccccc12. The highest BCUT2D eigenvalue weighted by Crippen LogP contribution is 2.34. The Balaban J connectivity index is 2.21. The van der Waals surface area contributed by atoms with E-state index in [1.165, 1.54) is 0 Å². The molecule has 3 aromatic carbocycles. The Morgan fingerprint density at radius 2 is 1.48 bits per heavy atom. The zero-order chi connectivity index (χ0) is 15.0. The molecular formula is C17H11Br2FO. The van der Waals surface area contributed by atoms with Gasteiger partial charge < -0.3 is 5.11 Å². The van der Waals surface area contributed by atoms with Gasteiger partial charge in [0.1, 0.15) is 11.9 Å². The Labute approximate surface area is 138 Å². The lowest BCUT2D eigenvalue weighted by Gasteiger charge is -2.16. The summed E-state index contributed by atoms with van der Waals surface area (Å²) in [5.41, 5.74) is 0.947. The first kappa shape index (κ1) is 14.7. The fourth-order valence-corrected chi connectivity index (χ4v) is 3.28. The average molecular weight is 410 g/mol. The van der Waals surface area contributed by atoms with Gasteiger partial charge in [-0.1, -0.05) is 58.4 Å². The van der Waals surface area contributed by atoms with Crippen molar-refractivity contribution in [3.8, 4) is 0 Å². The van der Waals surface area contributed by atoms with E-state index in [1.807, 2.05) is 36.4 Å². The van der Waals surface area contributed by atoms with E-state index in [9.17, 15) is 9.50 Å². The lowest BCUT2D eigenvalue weighted by molar-refractivity contribution is 0.216. The highest BCUT2D eigenvalue weighted by molar-refractivity contribution is 9.11. The zero-order valence-corrected chi connectivity index (χ0v) is 14.0. The van der Waals surface area contributed by atoms with Crippen molar-refractivity contribution in [2.24, 2.45) is 0 Å². The van der Waals surface area contributed by atoms with Crippen LogP contribution in [-0.2, 0) is 0 Å². The van der Waals surface area contributed by atoms with Crippen LogP contribution in [-0.4, -0.2) is 5.11 Å². The maximum atomic E-state index is 14.2. The monoisotopic (exact) mass is 408 g/mol. The summed E-state index contributed by atoms with van der Waals surface area (Å²) in [6, 6.07) is 16.3. The molecule has 0 aromatic heterocycles. The van der Waals surface area contributed by atoms with Gasteiger partial charge in [0.2, 0.25) is 0 Å². The predicted molar refractivity (Wildman–Crippen MR) is 89.8 cm³/mol. The Kier molecular flexibility index (Phi) is 4.11. The molecule has 0 heterocycles. The summed E-state index contributed by atoms with van der Waals surface area (Å²) in [5.74, 6) is -0.433. The molecule has 0 aliphatic heterocycles. The number of hydrogen-bond donors (Lipinski definition) is 1. The number of rotatable bonds is 2. The summed E-state index contributed by atoms with van der Waals surface area (Å²) >= 11 is 6.65. The second kappa shape index (κ2) is 5.87. The highest BCUT2D eigenvalue weighted by Gasteiger charge is 2.19. The van der Waals surface area contributed by atoms with E-state index in [1.54, 1.807) is 18.2 Å². The molecule has 4 heteroatoms. The molecule has 0 saturated heterocycles. The smallest absolute Gasteiger partial charge is 0.143 e. The molecule has 0 aliphatic carbocycles. The quantitative estimate of drug-likeness (QED) is 0.585. The van der Waals surface area contributed by atoms with Crippen LogP contribution in [0.1, 0.15) is 17.2 Å². The first-order chi connectivity index (χ1) is 10.1. The fourth-order valence-electron chi connectivity index (χ4n) is 2.42. The fraction of sp³-hybridized carbons (Fsp3) is 0.0588. The van der Waals surface area contributed by atoms with Crippen molar-refractivity contribution in [3.63, 3.8) is 0 Å². The van der Waals surface area contributed by atoms with Gasteiger partial charge in [-0.05, 0) is 44.4 Å². The summed E-state index contributed by atoms with van der Waals surface area (Å²) in [6.45, 7) is 0. The van der Waals surface area contributed by atoms with Gasteiger partial charge in [-0.3, -0.25) is 0 Å². The molecule has 1 atom stereocenters. The van der Waals surface area contributed by atoms with Crippen LogP contribution in [0.4, 0.5) is 4.39 Å². The maximum Gasteiger partial charge on any atom is 0.143 e. The molecule has 0 amide bonds. The van der Waals surface area contributed by atoms with Gasteiger partial charge in [-0.15, -0.1) is 0 Å². The van der Waals surface area contributed by atoms with E-state index in [4.69, 9.17) is 0 Å². The zero-order valence-electron chi connectivity index (χ0n) is 10.9. The van der Waals surface area contributed by atoms with Gasteiger partial charge in [0, 0.05) is 10.0 Å². The Morgan fingerprint density at radius 3 is 2.24 bits per heavy atom. The van der Waals surface area contributed by atoms with Crippen LogP contribution in [0.25, 0.3) is 10.8 Å². The molecule has 1 unspecified atom stereocenters. The van der Waals surface area contributed by atoms with E-state index < -0.39 is 11.9 Å². The van der Waals surface area contributed by atoms with Crippen LogP contribution in [0.15, 0.2) is 63.5 Å². The Morgan fingerprint density at radius 1 is 0.762 bits per heavy atom. The van der Waals surface area contributed by atoms with Gasteiger partial charge in [0.05, 0.1) is 4.47 Å². The van der Waals surface area contributed by atoms with Gasteiger partial charge >= 0.3 is 0 Å². The van der Waals surface area contributed by atoms with E-state index in [0.29, 0.717) is 10.0 Å². The third-order valence-electron chi connectivity index (χ3n) is 3.48. The molecule has 0 spiro atoms. The molecule has 21 heavy (non-hydrogen) atoms. The van der Waals surface area contributed by atoms with Crippen LogP contribution in [0.2, 0.25) is 0 Å². The molecule has 3 aromatic rings. The van der Waals surface area contributed by atoms with Crippen molar-refractivity contribution in [3.05, 3.63) is 80.5 Å². The summed E-state index contributed by atoms with van der Waals surface area (Å²) in [7, 11) is 0. The van der Waals surface area contributed by atoms with Gasteiger partial charge in [-0.2, -0.15) is 0 Å². The van der Waals surface area contributed by atoms with E-state index in [2.05, 4.69) is 31.9 Å². The van der Waals surface area contributed by atoms with Crippen molar-refractivity contribution in [1.29, 1.82) is 0 Å². The number of fused-ring (bicyclic) bond motifs is 1. The number of halogens is 3. The minimum atomic E-state index is -1.01. The second-order valence-corrected chi connectivity index (χ2v) is 6.44. The second-order valence-electron chi connectivity index (χ2n) is 4.73. The van der Waals surface area contributed by atoms with Crippen molar-refractivity contribution in [1.82, 2.24) is 0 Å². The summed E-state index contributed by atoms with van der Waals surface area (Å²) in [5, 5.41) is 12.5. The van der Waals surface area contributed by atoms with Crippen LogP contribution < -0.4 is 0 Å². The van der Waals surface area contributed by atoms with E-state index >= 15 is 0 Å². The number of aliphatic hydroxyl groups is 1. The van der Waals surface area contributed by atoms with Gasteiger partial charge in [0.15, 0.2) is 0 Å². The molecular weight excluding hydrogens is 399 g/mol. The van der Waals surface area contributed by atoms with Gasteiger partial charge in [0.25, 0.3) is 0 Å². The summed E-state index contributed by atoms with van der Waals surface area (Å²) in [6.07, 6.45) is -1.01. The molecule has 1 nitrogen and oxygen atoms in total. The standard InChI is InChI=1S/C17H11Br2FO/c18-14-9-8-12(10-4-1-2-5-11(10)14)17(21)13-6-3-7-15(19)16(13)20/h1-9,17,21H. The maximum absolute atomic E-state index is 14.2. The minimum Gasteiger partial charge on any atom is -0.384 e. The summed E-state index contributed by atoms with van der Waals surface area (Å²) in [4.78, 5) is 0. The van der Waals surface area contributed by atoms with Crippen LogP contribution in [0.5, 0.6) is 0 Å². The minimum absolute atomic E-state index is 0.261. The van der Waals surface area contributed by atoms with Crippen molar-refractivity contribution in [2.45, 2.75) is 6.10 Å². The molecule has 106 valence electrons. The normalized spacial score (nSPS) is 12.6. The third-order valence-corrected chi connectivity index (χ3v) is 4.78. The molecule has 0 saturated carbocycles. The van der Waals surface area contributed by atoms with Gasteiger partial charge in [-0.25, -0.2) is 4.39 Å². The number of aliphatic hydroxyl groups excluding tert-OH is 1. The largest absolute Gasteiger partial charge is 0.384 e. The Bertz CT molecular complexity index is 817. The lowest BCUT2D eigenvalue weighted by atomic mass is 9.95. The van der Waals surface area contributed by atoms with E-state index in [-0.39, 0.29) is 5.56 Å². The molecule has 0 bridgehead atoms. The first-order valence-electron chi connectivity index (χ1n) is 6.38. The molecule has 0 radical (unpaired) electrons. The average Bonchev–Trinajstić information content (AvgIpc) is 2.50. The van der Waals surface area contributed by atoms with Crippen LogP contribution in [0.3, 0.4) is 0 Å². The number of benzene rings is 3. The topological polar surface area (TPSA) is 20.2 Å². The Hall–Kier alpha value is -1.23. The third kappa shape index (κ3) is 2.63. The lowest BCUT2D eigenvalue weighted by Crippen LogP contribution is -2.04. The van der Waals surface area contributed by atoms with E-state index in [0.717, 1.165) is 15.2 Å². The van der Waals surface area contributed by atoms with Crippen molar-refractivity contribution >= 4 is 42.6 Å². The van der Waals surface area contributed by atoms with Crippen LogP contribution in [0, 0.1) is 5.82 Å². The molecule has 1 N–H and O–H groups in total. The van der Waals surface area contributed by atoms with Crippen molar-refractivity contribution in [2.75, 3.05) is 0 Å². The molecule has 0 fully saturated rings. The molecule has 3 rings (SSSR count). The summed E-state index contributed by atoms with van der Waals surface area (Å²) < 4.78 is 15.5.